The minimum absolute atomic E-state index is 0.0118. The highest BCUT2D eigenvalue weighted by Gasteiger charge is 2.68. The van der Waals surface area contributed by atoms with Gasteiger partial charge in [-0.15, -0.1) is 0 Å². The van der Waals surface area contributed by atoms with Crippen molar-refractivity contribution in [3.8, 4) is 0 Å². The third kappa shape index (κ3) is 4.26. The lowest BCUT2D eigenvalue weighted by atomic mass is 10.0. The van der Waals surface area contributed by atoms with E-state index in [1.54, 1.807) is 5.48 Å². The Morgan fingerprint density at radius 1 is 1.18 bits per heavy atom. The van der Waals surface area contributed by atoms with E-state index in [-0.39, 0.29) is 19.3 Å². The Balaban J connectivity index is 1.59. The van der Waals surface area contributed by atoms with Crippen molar-refractivity contribution in [2.24, 2.45) is 5.41 Å². The Morgan fingerprint density at radius 3 is 2.39 bits per heavy atom. The Morgan fingerprint density at radius 2 is 1.82 bits per heavy atom. The van der Waals surface area contributed by atoms with Gasteiger partial charge in [0.15, 0.2) is 0 Å². The number of carbonyl (C=O) groups excluding carboxylic acids is 1. The molecule has 1 aromatic rings. The maximum absolute atomic E-state index is 13.3. The summed E-state index contributed by atoms with van der Waals surface area (Å²) in [5.41, 5.74) is 1.71. The number of aryl methyl sites for hydroxylation is 1. The number of alkyl halides is 3. The highest BCUT2D eigenvalue weighted by atomic mass is 19.4. The first-order valence-corrected chi connectivity index (χ1v) is 9.53. The third-order valence-electron chi connectivity index (χ3n) is 5.81. The maximum Gasteiger partial charge on any atom is 0.398 e. The van der Waals surface area contributed by atoms with Crippen LogP contribution < -0.4 is 10.4 Å². The first-order valence-electron chi connectivity index (χ1n) is 9.53. The summed E-state index contributed by atoms with van der Waals surface area (Å²) in [4.78, 5) is 14.8. The van der Waals surface area contributed by atoms with E-state index in [1.165, 1.54) is 4.90 Å². The molecule has 1 aliphatic heterocycles. The molecule has 0 radical (unpaired) electrons. The fourth-order valence-corrected chi connectivity index (χ4v) is 3.91. The molecule has 2 fully saturated rings. The van der Waals surface area contributed by atoms with E-state index >= 15 is 0 Å². The van der Waals surface area contributed by atoms with Crippen LogP contribution in [0, 0.1) is 5.41 Å². The number of para-hydroxylation sites is 1. The molecule has 3 rings (SSSR count). The summed E-state index contributed by atoms with van der Waals surface area (Å²) in [6.45, 7) is 1.78. The van der Waals surface area contributed by atoms with Crippen molar-refractivity contribution in [2.75, 3.05) is 31.1 Å². The quantitative estimate of drug-likeness (QED) is 0.483. The minimum Gasteiger partial charge on any atom is -0.377 e. The molecule has 3 N–H and O–H groups in total. The van der Waals surface area contributed by atoms with Crippen LogP contribution in [0.15, 0.2) is 24.3 Å². The molecule has 1 saturated heterocycles. The van der Waals surface area contributed by atoms with E-state index in [4.69, 9.17) is 5.21 Å². The number of anilines is 1. The van der Waals surface area contributed by atoms with Gasteiger partial charge in [0.05, 0.1) is 0 Å². The maximum atomic E-state index is 13.3. The fraction of sp³-hybridized carbons (Fsp3) is 0.632. The van der Waals surface area contributed by atoms with Crippen LogP contribution in [0.2, 0.25) is 0 Å². The molecule has 1 aromatic carbocycles. The van der Waals surface area contributed by atoms with Crippen LogP contribution in [-0.4, -0.2) is 59.7 Å². The van der Waals surface area contributed by atoms with Crippen LogP contribution >= 0.6 is 0 Å². The molecule has 1 unspecified atom stereocenters. The van der Waals surface area contributed by atoms with Crippen LogP contribution in [0.5, 0.6) is 0 Å². The zero-order chi connectivity index (χ0) is 20.4. The number of nitrogens with zero attached hydrogens (tertiary/aromatic N) is 2. The molecule has 2 aliphatic rings. The molecule has 0 spiro atoms. The number of nitrogens with one attached hydrogen (secondary N) is 1. The van der Waals surface area contributed by atoms with Crippen molar-refractivity contribution in [2.45, 2.75) is 44.5 Å². The van der Waals surface area contributed by atoms with Gasteiger partial charge in [0.2, 0.25) is 5.91 Å². The Labute approximate surface area is 161 Å². The summed E-state index contributed by atoms with van der Waals surface area (Å²) in [5.74, 6) is -0.432. The third-order valence-corrected chi connectivity index (χ3v) is 5.81. The van der Waals surface area contributed by atoms with Gasteiger partial charge in [0.1, 0.15) is 11.6 Å². The molecule has 28 heavy (non-hydrogen) atoms. The summed E-state index contributed by atoms with van der Waals surface area (Å²) in [7, 11) is 0. The summed E-state index contributed by atoms with van der Waals surface area (Å²) in [5, 5.41) is 18.9. The predicted octanol–water partition coefficient (Wildman–Crippen LogP) is 2.30. The number of hydrogen-bond donors (Lipinski definition) is 3. The number of benzene rings is 1. The van der Waals surface area contributed by atoms with E-state index in [0.29, 0.717) is 39.0 Å². The number of aliphatic hydroxyl groups is 1. The fourth-order valence-electron chi connectivity index (χ4n) is 3.91. The smallest absolute Gasteiger partial charge is 0.377 e. The molecule has 9 heteroatoms. The van der Waals surface area contributed by atoms with Crippen LogP contribution in [-0.2, 0) is 11.2 Å². The second-order valence-electron chi connectivity index (χ2n) is 7.57. The summed E-state index contributed by atoms with van der Waals surface area (Å²) in [6.07, 6.45) is -4.44. The van der Waals surface area contributed by atoms with E-state index in [0.717, 1.165) is 11.3 Å². The molecular weight excluding hydrogens is 375 g/mol. The number of piperazine rings is 1. The van der Waals surface area contributed by atoms with Crippen molar-refractivity contribution in [1.82, 2.24) is 10.4 Å². The molecule has 1 heterocycles. The number of hydroxylamine groups is 1. The van der Waals surface area contributed by atoms with E-state index in [2.05, 4.69) is 4.90 Å². The summed E-state index contributed by atoms with van der Waals surface area (Å²) in [6, 6.07) is 7.75. The minimum atomic E-state index is -4.38. The van der Waals surface area contributed by atoms with Gasteiger partial charge in [-0.3, -0.25) is 14.9 Å². The van der Waals surface area contributed by atoms with Crippen LogP contribution in [0.4, 0.5) is 18.9 Å². The monoisotopic (exact) mass is 401 g/mol. The van der Waals surface area contributed by atoms with Gasteiger partial charge in [-0.05, 0) is 37.3 Å². The normalized spacial score (nSPS) is 20.7. The van der Waals surface area contributed by atoms with Gasteiger partial charge in [-0.2, -0.15) is 13.2 Å². The molecule has 1 saturated carbocycles. The van der Waals surface area contributed by atoms with Gasteiger partial charge >= 0.3 is 6.18 Å². The zero-order valence-electron chi connectivity index (χ0n) is 15.6. The molecule has 0 aromatic heterocycles. The zero-order valence-corrected chi connectivity index (χ0v) is 15.6. The molecule has 0 bridgehead atoms. The number of aliphatic hydroxyl groups excluding tert-OH is 1. The van der Waals surface area contributed by atoms with E-state index in [9.17, 15) is 23.1 Å². The number of carbonyl (C=O) groups is 1. The molecular formula is C19H26F3N3O3. The number of hydrogen-bond acceptors (Lipinski definition) is 5. The van der Waals surface area contributed by atoms with Gasteiger partial charge in [-0.25, -0.2) is 5.48 Å². The Kier molecular flexibility index (Phi) is 6.16. The van der Waals surface area contributed by atoms with Crippen LogP contribution in [0.3, 0.4) is 0 Å². The lowest BCUT2D eigenvalue weighted by Crippen LogP contribution is -2.55. The highest BCUT2D eigenvalue weighted by Crippen LogP contribution is 2.60. The van der Waals surface area contributed by atoms with Gasteiger partial charge in [0.25, 0.3) is 0 Å². The molecule has 6 nitrogen and oxygen atoms in total. The van der Waals surface area contributed by atoms with Crippen molar-refractivity contribution >= 4 is 11.6 Å². The first kappa shape index (κ1) is 20.9. The number of rotatable bonds is 7. The topological polar surface area (TPSA) is 76.0 Å². The van der Waals surface area contributed by atoms with Crippen molar-refractivity contribution in [3.05, 3.63) is 29.8 Å². The first-order chi connectivity index (χ1) is 13.3. The average Bonchev–Trinajstić information content (AvgIpc) is 3.50. The highest BCUT2D eigenvalue weighted by molar-refractivity contribution is 5.74. The van der Waals surface area contributed by atoms with Crippen molar-refractivity contribution in [1.29, 1.82) is 0 Å². The number of halogens is 3. The van der Waals surface area contributed by atoms with Crippen molar-refractivity contribution in [3.63, 3.8) is 0 Å². The van der Waals surface area contributed by atoms with Crippen LogP contribution in [0.1, 0.15) is 31.2 Å². The second-order valence-corrected chi connectivity index (χ2v) is 7.57. The standard InChI is InChI=1S/C19H26F3N3O3/c20-19(21,22)18(8-9-18)17(27)25-12-10-24(11-13-25)15-6-2-1-4-14(15)5-3-7-16(26)23-28/h1-2,4,6,17,27-28H,3,5,7-13H2,(H,23,26). The van der Waals surface area contributed by atoms with Crippen molar-refractivity contribution < 1.29 is 28.3 Å². The molecule has 1 atom stereocenters. The Bertz CT molecular complexity index is 686. The van der Waals surface area contributed by atoms with Gasteiger partial charge < -0.3 is 10.0 Å². The lowest BCUT2D eigenvalue weighted by molar-refractivity contribution is -0.238. The van der Waals surface area contributed by atoms with E-state index in [1.807, 2.05) is 24.3 Å². The van der Waals surface area contributed by atoms with Gasteiger partial charge in [-0.1, -0.05) is 18.2 Å². The Hall–Kier alpha value is -1.84. The van der Waals surface area contributed by atoms with Crippen LogP contribution in [0.25, 0.3) is 0 Å². The van der Waals surface area contributed by atoms with Gasteiger partial charge in [0, 0.05) is 38.3 Å². The molecule has 156 valence electrons. The molecule has 1 aliphatic carbocycles. The lowest BCUT2D eigenvalue weighted by Gasteiger charge is -2.41. The largest absolute Gasteiger partial charge is 0.398 e. The second kappa shape index (κ2) is 8.26. The summed E-state index contributed by atoms with van der Waals surface area (Å²) < 4.78 is 39.8. The number of amides is 1. The predicted molar refractivity (Wildman–Crippen MR) is 96.8 cm³/mol. The average molecular weight is 401 g/mol. The summed E-state index contributed by atoms with van der Waals surface area (Å²) >= 11 is 0. The van der Waals surface area contributed by atoms with E-state index < -0.39 is 23.7 Å². The molecule has 1 amide bonds. The SMILES string of the molecule is O=C(CCCc1ccccc1N1CCN(C(O)C2(C(F)(F)F)CC2)CC1)NO.